The smallest absolute Gasteiger partial charge is 0.252 e. The lowest BCUT2D eigenvalue weighted by Crippen LogP contribution is -2.61. The molecule has 0 fully saturated rings. The highest BCUT2D eigenvalue weighted by molar-refractivity contribution is 7.00. The minimum absolute atomic E-state index is 0.0183. The lowest BCUT2D eigenvalue weighted by molar-refractivity contribution is 0.568. The molecule has 0 bridgehead atoms. The summed E-state index contributed by atoms with van der Waals surface area (Å²) in [5.41, 5.74) is 28.8. The van der Waals surface area contributed by atoms with Crippen LogP contribution in [0.25, 0.3) is 44.5 Å². The fraction of sp³-hybridized carbons (Fsp3) is 0.308. The maximum absolute atomic E-state index is 2.61. The van der Waals surface area contributed by atoms with Crippen LogP contribution < -0.4 is 26.2 Å². The van der Waals surface area contributed by atoms with Gasteiger partial charge in [0.2, 0.25) is 0 Å². The molecule has 0 saturated carbocycles. The van der Waals surface area contributed by atoms with Gasteiger partial charge in [0, 0.05) is 34.1 Å². The number of fused-ring (bicyclic) bond motifs is 4. The minimum Gasteiger partial charge on any atom is -0.311 e. The van der Waals surface area contributed by atoms with Gasteiger partial charge in [-0.15, -0.1) is 0 Å². The van der Waals surface area contributed by atoms with E-state index in [1.54, 1.807) is 0 Å². The molecule has 0 amide bonds. The average Bonchev–Trinajstić information content (AvgIpc) is 3.61. The number of hydrogen-bond acceptors (Lipinski definition) is 2. The van der Waals surface area contributed by atoms with Gasteiger partial charge in [-0.25, -0.2) is 0 Å². The van der Waals surface area contributed by atoms with E-state index in [9.17, 15) is 0 Å². The Labute approximate surface area is 487 Å². The molecule has 410 valence electrons. The third kappa shape index (κ3) is 10.2. The fourth-order valence-electron chi connectivity index (χ4n) is 12.7. The molecule has 81 heavy (non-hydrogen) atoms. The van der Waals surface area contributed by atoms with Crippen molar-refractivity contribution in [1.29, 1.82) is 0 Å². The van der Waals surface area contributed by atoms with E-state index in [0.29, 0.717) is 0 Å². The van der Waals surface area contributed by atoms with Crippen LogP contribution in [0, 0.1) is 0 Å². The van der Waals surface area contributed by atoms with Crippen molar-refractivity contribution in [2.45, 2.75) is 157 Å². The summed E-state index contributed by atoms with van der Waals surface area (Å²) < 4.78 is 0. The van der Waals surface area contributed by atoms with Crippen molar-refractivity contribution in [3.05, 3.63) is 221 Å². The molecule has 0 saturated heterocycles. The second kappa shape index (κ2) is 19.7. The normalized spacial score (nSPS) is 13.7. The Kier molecular flexibility index (Phi) is 13.5. The number of rotatable bonds is 6. The molecule has 2 heterocycles. The van der Waals surface area contributed by atoms with Crippen molar-refractivity contribution >= 4 is 57.2 Å². The summed E-state index contributed by atoms with van der Waals surface area (Å²) in [6, 6.07) is 73.1. The van der Waals surface area contributed by atoms with Crippen molar-refractivity contribution in [1.82, 2.24) is 0 Å². The summed E-state index contributed by atoms with van der Waals surface area (Å²) in [6.45, 7) is 42.1. The first-order valence-electron chi connectivity index (χ1n) is 29.7. The number of anilines is 6. The summed E-state index contributed by atoms with van der Waals surface area (Å²) in [6.07, 6.45) is 0. The Balaban J connectivity index is 1.23. The number of nitrogens with zero attached hydrogens (tertiary/aromatic N) is 2. The van der Waals surface area contributed by atoms with Crippen LogP contribution in [0.1, 0.15) is 158 Å². The van der Waals surface area contributed by atoms with E-state index in [0.717, 1.165) is 0 Å². The lowest BCUT2D eigenvalue weighted by Gasteiger charge is -2.45. The third-order valence-electron chi connectivity index (χ3n) is 17.3. The molecule has 9 aromatic carbocycles. The summed E-state index contributed by atoms with van der Waals surface area (Å²) in [5.74, 6) is 0. The summed E-state index contributed by atoms with van der Waals surface area (Å²) in [5, 5.41) is 0. The van der Waals surface area contributed by atoms with Gasteiger partial charge in [-0.05, 0) is 163 Å². The Morgan fingerprint density at radius 2 is 0.543 bits per heavy atom. The Hall–Kier alpha value is -7.36. The molecule has 0 aliphatic carbocycles. The summed E-state index contributed by atoms with van der Waals surface area (Å²) in [4.78, 5) is 5.21. The number of benzene rings is 9. The molecule has 0 atom stereocenters. The van der Waals surface area contributed by atoms with Gasteiger partial charge in [0.15, 0.2) is 0 Å². The molecule has 0 radical (unpaired) electrons. The Morgan fingerprint density at radius 1 is 0.247 bits per heavy atom. The molecule has 3 heteroatoms. The van der Waals surface area contributed by atoms with Gasteiger partial charge < -0.3 is 9.80 Å². The zero-order valence-electron chi connectivity index (χ0n) is 51.9. The number of para-hydroxylation sites is 2. The molecule has 2 aliphatic rings. The molecule has 2 aliphatic heterocycles. The van der Waals surface area contributed by atoms with Crippen LogP contribution in [0.3, 0.4) is 0 Å². The summed E-state index contributed by atoms with van der Waals surface area (Å²) >= 11 is 0. The van der Waals surface area contributed by atoms with Crippen LogP contribution >= 0.6 is 0 Å². The lowest BCUT2D eigenvalue weighted by atomic mass is 9.33. The molecule has 0 aromatic heterocycles. The van der Waals surface area contributed by atoms with Gasteiger partial charge in [0.1, 0.15) is 0 Å². The van der Waals surface area contributed by atoms with E-state index in [1.807, 2.05) is 0 Å². The van der Waals surface area contributed by atoms with Crippen molar-refractivity contribution in [3.63, 3.8) is 0 Å². The predicted octanol–water partition coefficient (Wildman–Crippen LogP) is 20.2. The Morgan fingerprint density at radius 3 is 0.864 bits per heavy atom. The van der Waals surface area contributed by atoms with Gasteiger partial charge in [0.05, 0.1) is 0 Å². The van der Waals surface area contributed by atoms with Gasteiger partial charge in [0.25, 0.3) is 6.71 Å². The molecule has 11 rings (SSSR count). The minimum atomic E-state index is -0.124. The zero-order chi connectivity index (χ0) is 57.9. The SMILES string of the molecule is CC(C)(C)c1cc(-c2ccccc2-c2ccc3c(c2)B2c4cc(-c5ccccc5-c5cc(C(C)(C)C)cc(C(C)(C)C)c5)ccc4N(c4ccccc4C(C)(C)C)c4cccc(c42)N3c2ccccc2C(C)(C)C)cc(C(C)(C)C)c1. The van der Waals surface area contributed by atoms with E-state index in [1.165, 1.54) is 128 Å². The maximum Gasteiger partial charge on any atom is 0.252 e. The largest absolute Gasteiger partial charge is 0.311 e. The average molecular weight is 1060 g/mol. The van der Waals surface area contributed by atoms with Gasteiger partial charge in [-0.3, -0.25) is 0 Å². The monoisotopic (exact) mass is 1060 g/mol. The quantitative estimate of drug-likeness (QED) is 0.153. The molecule has 0 N–H and O–H groups in total. The van der Waals surface area contributed by atoms with E-state index >= 15 is 0 Å². The van der Waals surface area contributed by atoms with Gasteiger partial charge in [-0.1, -0.05) is 276 Å². The van der Waals surface area contributed by atoms with Crippen molar-refractivity contribution < 1.29 is 0 Å². The fourth-order valence-corrected chi connectivity index (χ4v) is 12.7. The maximum atomic E-state index is 2.61. The highest BCUT2D eigenvalue weighted by Crippen LogP contribution is 2.50. The van der Waals surface area contributed by atoms with Crippen molar-refractivity contribution in [3.8, 4) is 44.5 Å². The van der Waals surface area contributed by atoms with E-state index < -0.39 is 0 Å². The zero-order valence-corrected chi connectivity index (χ0v) is 51.9. The molecular formula is C78H85BN2. The number of hydrogen-bond donors (Lipinski definition) is 0. The van der Waals surface area contributed by atoms with E-state index in [2.05, 4.69) is 322 Å². The van der Waals surface area contributed by atoms with Crippen LogP contribution in [0.2, 0.25) is 0 Å². The molecular weight excluding hydrogens is 976 g/mol. The standard InChI is InChI=1S/C78H85BN2/c1-73(2,3)54-42-52(43-55(48-54)74(4,5)6)60-30-21-19-28-58(60)50-38-40-68-64(46-50)79-65-47-51(59-29-20-22-31-61(59)53-44-56(75(7,8)9)49-57(45-53)76(10,11)12)39-41-69(65)81(67-35-26-24-33-63(67)78(16,17)18)71-37-27-36-70(72(71)79)80(68)66-34-25-23-32-62(66)77(13,14)15/h19-49H,1-18H3. The van der Waals surface area contributed by atoms with Crippen LogP contribution in [0.5, 0.6) is 0 Å². The van der Waals surface area contributed by atoms with Crippen LogP contribution in [0.15, 0.2) is 188 Å². The first-order chi connectivity index (χ1) is 38.0. The van der Waals surface area contributed by atoms with Crippen LogP contribution in [-0.2, 0) is 32.5 Å². The van der Waals surface area contributed by atoms with Gasteiger partial charge >= 0.3 is 0 Å². The first kappa shape index (κ1) is 55.5. The molecule has 0 unspecified atom stereocenters. The van der Waals surface area contributed by atoms with Crippen LogP contribution in [-0.4, -0.2) is 6.71 Å². The third-order valence-corrected chi connectivity index (χ3v) is 17.3. The highest BCUT2D eigenvalue weighted by Gasteiger charge is 2.45. The van der Waals surface area contributed by atoms with Crippen molar-refractivity contribution in [2.75, 3.05) is 9.80 Å². The second-order valence-electron chi connectivity index (χ2n) is 29.6. The van der Waals surface area contributed by atoms with Crippen molar-refractivity contribution in [2.24, 2.45) is 0 Å². The summed E-state index contributed by atoms with van der Waals surface area (Å²) in [7, 11) is 0. The van der Waals surface area contributed by atoms with E-state index in [4.69, 9.17) is 0 Å². The highest BCUT2D eigenvalue weighted by atomic mass is 15.2. The molecule has 2 nitrogen and oxygen atoms in total. The first-order valence-corrected chi connectivity index (χ1v) is 29.7. The Bertz CT molecular complexity index is 3590. The van der Waals surface area contributed by atoms with Crippen LogP contribution in [0.4, 0.5) is 34.1 Å². The molecule has 0 spiro atoms. The second-order valence-corrected chi connectivity index (χ2v) is 29.6. The predicted molar refractivity (Wildman–Crippen MR) is 354 cm³/mol. The molecule has 9 aromatic rings. The topological polar surface area (TPSA) is 6.48 Å². The van der Waals surface area contributed by atoms with E-state index in [-0.39, 0.29) is 39.2 Å². The van der Waals surface area contributed by atoms with Gasteiger partial charge in [-0.2, -0.15) is 0 Å².